The first-order valence-electron chi connectivity index (χ1n) is 4.73. The molecule has 0 aliphatic rings. The molecule has 0 saturated heterocycles. The number of benzene rings is 1. The lowest BCUT2D eigenvalue weighted by Crippen LogP contribution is -2.21. The highest BCUT2D eigenvalue weighted by Crippen LogP contribution is 2.06. The maximum atomic E-state index is 5.47. The van der Waals surface area contributed by atoms with Gasteiger partial charge in [0.15, 0.2) is 0 Å². The molecule has 1 aromatic rings. The Labute approximate surface area is 79.9 Å². The van der Waals surface area contributed by atoms with Gasteiger partial charge in [0, 0.05) is 6.54 Å². The van der Waals surface area contributed by atoms with Gasteiger partial charge in [0.1, 0.15) is 12.4 Å². The van der Waals surface area contributed by atoms with Crippen molar-refractivity contribution in [3.8, 4) is 5.75 Å². The SMILES string of the molecule is CCCNCCOc1cc[c]cc1. The molecular weight excluding hydrogens is 162 g/mol. The summed E-state index contributed by atoms with van der Waals surface area (Å²) in [6.45, 7) is 4.85. The summed E-state index contributed by atoms with van der Waals surface area (Å²) in [6.07, 6.45) is 1.17. The minimum Gasteiger partial charge on any atom is -0.492 e. The molecular formula is C11H16NO. The first kappa shape index (κ1) is 10.1. The first-order valence-corrected chi connectivity index (χ1v) is 4.73. The van der Waals surface area contributed by atoms with Crippen LogP contribution in [0.4, 0.5) is 0 Å². The molecule has 0 amide bonds. The average molecular weight is 178 g/mol. The summed E-state index contributed by atoms with van der Waals surface area (Å²) in [6, 6.07) is 10.5. The Bertz CT molecular complexity index is 211. The van der Waals surface area contributed by atoms with E-state index in [-0.39, 0.29) is 0 Å². The number of hydrogen-bond acceptors (Lipinski definition) is 2. The fourth-order valence-electron chi connectivity index (χ4n) is 1.01. The monoisotopic (exact) mass is 178 g/mol. The largest absolute Gasteiger partial charge is 0.492 e. The zero-order valence-electron chi connectivity index (χ0n) is 8.05. The molecule has 0 bridgehead atoms. The van der Waals surface area contributed by atoms with Crippen molar-refractivity contribution in [1.82, 2.24) is 5.32 Å². The number of ether oxygens (including phenoxy) is 1. The Morgan fingerprint density at radius 1 is 1.31 bits per heavy atom. The molecule has 1 rings (SSSR count). The minimum atomic E-state index is 0.726. The molecule has 2 nitrogen and oxygen atoms in total. The van der Waals surface area contributed by atoms with E-state index in [1.54, 1.807) is 0 Å². The standard InChI is InChI=1S/C11H16NO/c1-2-8-12-9-10-13-11-6-4-3-5-7-11/h4-7,12H,2,8-10H2,1H3. The van der Waals surface area contributed by atoms with Gasteiger partial charge in [-0.25, -0.2) is 0 Å². The van der Waals surface area contributed by atoms with Crippen molar-refractivity contribution in [2.75, 3.05) is 19.7 Å². The van der Waals surface area contributed by atoms with Gasteiger partial charge in [0.05, 0.1) is 0 Å². The van der Waals surface area contributed by atoms with Crippen LogP contribution in [0.15, 0.2) is 24.3 Å². The van der Waals surface area contributed by atoms with Crippen LogP contribution in [-0.4, -0.2) is 19.7 Å². The van der Waals surface area contributed by atoms with E-state index in [0.29, 0.717) is 0 Å². The van der Waals surface area contributed by atoms with Crippen molar-refractivity contribution < 1.29 is 4.74 Å². The van der Waals surface area contributed by atoms with Crippen LogP contribution in [0.2, 0.25) is 0 Å². The lowest BCUT2D eigenvalue weighted by molar-refractivity contribution is 0.314. The summed E-state index contributed by atoms with van der Waals surface area (Å²) in [7, 11) is 0. The van der Waals surface area contributed by atoms with Gasteiger partial charge in [0.25, 0.3) is 0 Å². The number of nitrogens with one attached hydrogen (secondary N) is 1. The molecule has 0 atom stereocenters. The van der Waals surface area contributed by atoms with Crippen molar-refractivity contribution in [2.45, 2.75) is 13.3 Å². The maximum absolute atomic E-state index is 5.47. The third kappa shape index (κ3) is 4.53. The predicted octanol–water partition coefficient (Wildman–Crippen LogP) is 1.87. The van der Waals surface area contributed by atoms with Gasteiger partial charge in [-0.1, -0.05) is 19.1 Å². The fourth-order valence-corrected chi connectivity index (χ4v) is 1.01. The van der Waals surface area contributed by atoms with Crippen LogP contribution in [-0.2, 0) is 0 Å². The Hall–Kier alpha value is -1.02. The van der Waals surface area contributed by atoms with Gasteiger partial charge in [-0.05, 0) is 31.2 Å². The quantitative estimate of drug-likeness (QED) is 0.671. The van der Waals surface area contributed by atoms with Gasteiger partial charge in [0.2, 0.25) is 0 Å². The van der Waals surface area contributed by atoms with Crippen molar-refractivity contribution >= 4 is 0 Å². The highest BCUT2D eigenvalue weighted by atomic mass is 16.5. The molecule has 71 valence electrons. The van der Waals surface area contributed by atoms with Gasteiger partial charge in [-0.15, -0.1) is 0 Å². The Balaban J connectivity index is 2.07. The smallest absolute Gasteiger partial charge is 0.119 e. The van der Waals surface area contributed by atoms with Crippen LogP contribution < -0.4 is 10.1 Å². The van der Waals surface area contributed by atoms with E-state index >= 15 is 0 Å². The van der Waals surface area contributed by atoms with Crippen LogP contribution in [0.1, 0.15) is 13.3 Å². The Morgan fingerprint density at radius 3 is 2.77 bits per heavy atom. The topological polar surface area (TPSA) is 21.3 Å². The molecule has 0 aromatic heterocycles. The number of rotatable bonds is 6. The third-order valence-electron chi connectivity index (χ3n) is 1.66. The van der Waals surface area contributed by atoms with E-state index in [1.807, 2.05) is 24.3 Å². The van der Waals surface area contributed by atoms with E-state index in [1.165, 1.54) is 6.42 Å². The molecule has 0 fully saturated rings. The normalized spacial score (nSPS) is 9.92. The Morgan fingerprint density at radius 2 is 2.08 bits per heavy atom. The van der Waals surface area contributed by atoms with E-state index in [4.69, 9.17) is 4.74 Å². The lowest BCUT2D eigenvalue weighted by atomic mass is 10.3. The summed E-state index contributed by atoms with van der Waals surface area (Å²) in [5.74, 6) is 0.914. The van der Waals surface area contributed by atoms with Crippen LogP contribution in [0.5, 0.6) is 5.75 Å². The first-order chi connectivity index (χ1) is 6.43. The fraction of sp³-hybridized carbons (Fsp3) is 0.455. The van der Waals surface area contributed by atoms with Gasteiger partial charge >= 0.3 is 0 Å². The molecule has 1 N–H and O–H groups in total. The number of hydrogen-bond donors (Lipinski definition) is 1. The minimum absolute atomic E-state index is 0.726. The summed E-state index contributed by atoms with van der Waals surface area (Å²) in [5.41, 5.74) is 0. The molecule has 1 radical (unpaired) electrons. The second-order valence-electron chi connectivity index (χ2n) is 2.83. The zero-order valence-corrected chi connectivity index (χ0v) is 8.05. The lowest BCUT2D eigenvalue weighted by Gasteiger charge is -2.05. The molecule has 0 saturated carbocycles. The van der Waals surface area contributed by atoms with E-state index in [2.05, 4.69) is 18.3 Å². The summed E-state index contributed by atoms with van der Waals surface area (Å²) < 4.78 is 5.47. The van der Waals surface area contributed by atoms with Crippen LogP contribution in [0.3, 0.4) is 0 Å². The van der Waals surface area contributed by atoms with Gasteiger partial charge in [-0.2, -0.15) is 0 Å². The summed E-state index contributed by atoms with van der Waals surface area (Å²) in [4.78, 5) is 0. The molecule has 0 spiro atoms. The highest BCUT2D eigenvalue weighted by molar-refractivity contribution is 5.20. The van der Waals surface area contributed by atoms with Crippen molar-refractivity contribution in [2.24, 2.45) is 0 Å². The molecule has 2 heteroatoms. The van der Waals surface area contributed by atoms with E-state index in [9.17, 15) is 0 Å². The zero-order chi connectivity index (χ0) is 9.36. The third-order valence-corrected chi connectivity index (χ3v) is 1.66. The summed E-state index contributed by atoms with van der Waals surface area (Å²) >= 11 is 0. The summed E-state index contributed by atoms with van der Waals surface area (Å²) in [5, 5.41) is 3.27. The van der Waals surface area contributed by atoms with Crippen molar-refractivity contribution in [3.05, 3.63) is 30.3 Å². The molecule has 0 aliphatic heterocycles. The highest BCUT2D eigenvalue weighted by Gasteiger charge is 1.90. The molecule has 0 unspecified atom stereocenters. The second-order valence-corrected chi connectivity index (χ2v) is 2.83. The van der Waals surface area contributed by atoms with Gasteiger partial charge < -0.3 is 10.1 Å². The second kappa shape index (κ2) is 6.49. The molecule has 0 aliphatic carbocycles. The predicted molar refractivity (Wildman–Crippen MR) is 53.9 cm³/mol. The molecule has 1 aromatic carbocycles. The van der Waals surface area contributed by atoms with E-state index < -0.39 is 0 Å². The maximum Gasteiger partial charge on any atom is 0.119 e. The van der Waals surface area contributed by atoms with Crippen LogP contribution in [0, 0.1) is 6.07 Å². The van der Waals surface area contributed by atoms with Crippen molar-refractivity contribution in [3.63, 3.8) is 0 Å². The van der Waals surface area contributed by atoms with Crippen molar-refractivity contribution in [1.29, 1.82) is 0 Å². The van der Waals surface area contributed by atoms with Gasteiger partial charge in [-0.3, -0.25) is 0 Å². The molecule has 0 heterocycles. The molecule has 13 heavy (non-hydrogen) atoms. The average Bonchev–Trinajstić information content (AvgIpc) is 2.19. The van der Waals surface area contributed by atoms with E-state index in [0.717, 1.165) is 25.4 Å². The van der Waals surface area contributed by atoms with Crippen LogP contribution >= 0.6 is 0 Å². The van der Waals surface area contributed by atoms with Crippen LogP contribution in [0.25, 0.3) is 0 Å². The Kier molecular flexibility index (Phi) is 5.02.